The molecule has 0 amide bonds. The highest BCUT2D eigenvalue weighted by atomic mass is 14.9. The minimum atomic E-state index is 1.07. The molecule has 0 atom stereocenters. The Morgan fingerprint density at radius 3 is 2.36 bits per heavy atom. The van der Waals surface area contributed by atoms with Gasteiger partial charge in [-0.1, -0.05) is 19.8 Å². The van der Waals surface area contributed by atoms with Crippen LogP contribution >= 0.6 is 0 Å². The van der Waals surface area contributed by atoms with E-state index in [0.29, 0.717) is 0 Å². The molecule has 2 heteroatoms. The zero-order valence-electron chi connectivity index (χ0n) is 7.66. The zero-order chi connectivity index (χ0) is 8.36. The van der Waals surface area contributed by atoms with Crippen molar-refractivity contribution in [1.82, 2.24) is 10.6 Å². The second-order valence-corrected chi connectivity index (χ2v) is 2.77. The summed E-state index contributed by atoms with van der Waals surface area (Å²) in [4.78, 5) is 0. The normalized spacial score (nSPS) is 10.4. The summed E-state index contributed by atoms with van der Waals surface area (Å²) in [6, 6.07) is 0. The van der Waals surface area contributed by atoms with Crippen molar-refractivity contribution in [3.05, 3.63) is 6.92 Å². The smallest absolute Gasteiger partial charge is 0.00368 e. The third kappa shape index (κ3) is 9.92. The van der Waals surface area contributed by atoms with Crippen LogP contribution in [0.1, 0.15) is 25.7 Å². The van der Waals surface area contributed by atoms with E-state index >= 15 is 0 Å². The van der Waals surface area contributed by atoms with Crippen molar-refractivity contribution in [3.63, 3.8) is 0 Å². The topological polar surface area (TPSA) is 24.1 Å². The molecule has 1 radical (unpaired) electrons. The highest BCUT2D eigenvalue weighted by Gasteiger charge is 1.86. The number of hydrogen-bond acceptors (Lipinski definition) is 2. The molecule has 0 heterocycles. The predicted octanol–water partition coefficient (Wildman–Crippen LogP) is 1.19. The van der Waals surface area contributed by atoms with E-state index in [4.69, 9.17) is 0 Å². The van der Waals surface area contributed by atoms with E-state index in [-0.39, 0.29) is 0 Å². The highest BCUT2D eigenvalue weighted by molar-refractivity contribution is 4.50. The largest absolute Gasteiger partial charge is 0.320 e. The average molecular weight is 157 g/mol. The van der Waals surface area contributed by atoms with Crippen molar-refractivity contribution in [2.45, 2.75) is 25.7 Å². The van der Waals surface area contributed by atoms with Gasteiger partial charge in [0.1, 0.15) is 0 Å². The lowest BCUT2D eigenvalue weighted by atomic mass is 10.2. The van der Waals surface area contributed by atoms with Gasteiger partial charge in [0.25, 0.3) is 0 Å². The third-order valence-corrected chi connectivity index (χ3v) is 1.63. The summed E-state index contributed by atoms with van der Waals surface area (Å²) in [7, 11) is 1.99. The summed E-state index contributed by atoms with van der Waals surface area (Å²) >= 11 is 0. The van der Waals surface area contributed by atoms with Gasteiger partial charge in [0.05, 0.1) is 0 Å². The van der Waals surface area contributed by atoms with Gasteiger partial charge >= 0.3 is 0 Å². The monoisotopic (exact) mass is 157 g/mol. The summed E-state index contributed by atoms with van der Waals surface area (Å²) in [5.74, 6) is 0. The lowest BCUT2D eigenvalue weighted by Gasteiger charge is -2.02. The SMILES string of the molecule is [CH2]CCCCNCCCNC. The molecule has 67 valence electrons. The molecule has 2 N–H and O–H groups in total. The molecule has 11 heavy (non-hydrogen) atoms. The summed E-state index contributed by atoms with van der Waals surface area (Å²) in [6.07, 6.45) is 4.81. The first-order valence-electron chi connectivity index (χ1n) is 4.56. The van der Waals surface area contributed by atoms with Gasteiger partial charge in [-0.25, -0.2) is 0 Å². The Bertz CT molecular complexity index is 56.6. The van der Waals surface area contributed by atoms with E-state index < -0.39 is 0 Å². The Kier molecular flexibility index (Phi) is 9.85. The number of nitrogens with one attached hydrogen (secondary N) is 2. The summed E-state index contributed by atoms with van der Waals surface area (Å²) in [5.41, 5.74) is 0. The first-order chi connectivity index (χ1) is 5.41. The average Bonchev–Trinajstić information content (AvgIpc) is 2.03. The molecular formula is C9H21N2. The van der Waals surface area contributed by atoms with E-state index in [9.17, 15) is 0 Å². The van der Waals surface area contributed by atoms with Crippen molar-refractivity contribution >= 4 is 0 Å². The highest BCUT2D eigenvalue weighted by Crippen LogP contribution is 1.90. The predicted molar refractivity (Wildman–Crippen MR) is 50.6 cm³/mol. The summed E-state index contributed by atoms with van der Waals surface area (Å²) < 4.78 is 0. The maximum Gasteiger partial charge on any atom is -0.00368 e. The summed E-state index contributed by atoms with van der Waals surface area (Å²) in [5, 5.41) is 6.51. The van der Waals surface area contributed by atoms with E-state index in [0.717, 1.165) is 26.1 Å². The second-order valence-electron chi connectivity index (χ2n) is 2.77. The van der Waals surface area contributed by atoms with E-state index in [1.807, 2.05) is 7.05 Å². The van der Waals surface area contributed by atoms with Crippen LogP contribution in [0.15, 0.2) is 0 Å². The van der Waals surface area contributed by atoms with Crippen LogP contribution in [0.3, 0.4) is 0 Å². The van der Waals surface area contributed by atoms with Crippen molar-refractivity contribution < 1.29 is 0 Å². The van der Waals surface area contributed by atoms with Gasteiger partial charge in [0, 0.05) is 0 Å². The zero-order valence-corrected chi connectivity index (χ0v) is 7.66. The minimum Gasteiger partial charge on any atom is -0.320 e. The Hall–Kier alpha value is -0.0800. The molecule has 0 aromatic carbocycles. The maximum absolute atomic E-state index is 3.80. The minimum absolute atomic E-state index is 1.07. The van der Waals surface area contributed by atoms with E-state index in [2.05, 4.69) is 17.6 Å². The van der Waals surface area contributed by atoms with E-state index in [1.54, 1.807) is 0 Å². The van der Waals surface area contributed by atoms with E-state index in [1.165, 1.54) is 19.3 Å². The van der Waals surface area contributed by atoms with Crippen LogP contribution in [0.5, 0.6) is 0 Å². The molecule has 0 aromatic rings. The first kappa shape index (κ1) is 10.9. The van der Waals surface area contributed by atoms with Crippen molar-refractivity contribution in [2.24, 2.45) is 0 Å². The van der Waals surface area contributed by atoms with Gasteiger partial charge in [-0.05, 0) is 39.5 Å². The lowest BCUT2D eigenvalue weighted by molar-refractivity contribution is 0.594. The standard InChI is InChI=1S/C9H21N2/c1-3-4-5-8-11-9-6-7-10-2/h10-11H,1,3-9H2,2H3. The molecular weight excluding hydrogens is 136 g/mol. The van der Waals surface area contributed by atoms with Crippen molar-refractivity contribution in [3.8, 4) is 0 Å². The van der Waals surface area contributed by atoms with Gasteiger partial charge in [-0.15, -0.1) is 0 Å². The summed E-state index contributed by atoms with van der Waals surface area (Å²) in [6.45, 7) is 7.20. The van der Waals surface area contributed by atoms with Gasteiger partial charge < -0.3 is 10.6 Å². The van der Waals surface area contributed by atoms with Crippen molar-refractivity contribution in [2.75, 3.05) is 26.7 Å². The van der Waals surface area contributed by atoms with Crippen LogP contribution in [0.2, 0.25) is 0 Å². The fourth-order valence-electron chi connectivity index (χ4n) is 0.942. The van der Waals surface area contributed by atoms with Crippen LogP contribution in [-0.2, 0) is 0 Å². The van der Waals surface area contributed by atoms with Crippen LogP contribution < -0.4 is 10.6 Å². The molecule has 0 aliphatic heterocycles. The molecule has 0 aliphatic rings. The first-order valence-corrected chi connectivity index (χ1v) is 4.56. The molecule has 0 bridgehead atoms. The molecule has 0 fully saturated rings. The van der Waals surface area contributed by atoms with Gasteiger partial charge in [-0.3, -0.25) is 0 Å². The quantitative estimate of drug-likeness (QED) is 0.517. The molecule has 0 aromatic heterocycles. The van der Waals surface area contributed by atoms with Crippen LogP contribution in [0, 0.1) is 6.92 Å². The molecule has 2 nitrogen and oxygen atoms in total. The molecule has 0 saturated heterocycles. The van der Waals surface area contributed by atoms with Crippen LogP contribution in [0.25, 0.3) is 0 Å². The molecule has 0 saturated carbocycles. The molecule has 0 unspecified atom stereocenters. The number of rotatable bonds is 8. The van der Waals surface area contributed by atoms with Gasteiger partial charge in [-0.2, -0.15) is 0 Å². The maximum atomic E-state index is 3.80. The Labute approximate surface area is 70.8 Å². The number of hydrogen-bond donors (Lipinski definition) is 2. The number of unbranched alkanes of at least 4 members (excludes halogenated alkanes) is 2. The molecule has 0 aliphatic carbocycles. The van der Waals surface area contributed by atoms with Crippen LogP contribution in [0.4, 0.5) is 0 Å². The second kappa shape index (κ2) is 9.92. The third-order valence-electron chi connectivity index (χ3n) is 1.63. The van der Waals surface area contributed by atoms with Gasteiger partial charge in [0.2, 0.25) is 0 Å². The molecule has 0 rings (SSSR count). The fraction of sp³-hybridized carbons (Fsp3) is 0.889. The Balaban J connectivity index is 2.69. The van der Waals surface area contributed by atoms with Gasteiger partial charge in [0.15, 0.2) is 0 Å². The van der Waals surface area contributed by atoms with Crippen molar-refractivity contribution in [1.29, 1.82) is 0 Å². The molecule has 0 spiro atoms. The Morgan fingerprint density at radius 2 is 1.73 bits per heavy atom. The fourth-order valence-corrected chi connectivity index (χ4v) is 0.942. The lowest BCUT2D eigenvalue weighted by Crippen LogP contribution is -2.20. The Morgan fingerprint density at radius 1 is 1.00 bits per heavy atom. The van der Waals surface area contributed by atoms with Crippen LogP contribution in [-0.4, -0.2) is 26.7 Å².